The second kappa shape index (κ2) is 9.27. The first kappa shape index (κ1) is 29.0. The van der Waals surface area contributed by atoms with Crippen molar-refractivity contribution < 1.29 is 4.12 Å². The molecule has 0 amide bonds. The summed E-state index contributed by atoms with van der Waals surface area (Å²) in [5.41, 5.74) is 4.48. The predicted molar refractivity (Wildman–Crippen MR) is 178 cm³/mol. The van der Waals surface area contributed by atoms with Gasteiger partial charge in [0.05, 0.1) is 8.07 Å². The van der Waals surface area contributed by atoms with Gasteiger partial charge < -0.3 is 4.12 Å². The summed E-state index contributed by atoms with van der Waals surface area (Å²) in [6.45, 7) is 31.3. The van der Waals surface area contributed by atoms with E-state index in [2.05, 4.69) is 145 Å². The van der Waals surface area contributed by atoms with Gasteiger partial charge in [-0.2, -0.15) is 0 Å². The summed E-state index contributed by atoms with van der Waals surface area (Å²) in [6, 6.07) is 22.7. The molecule has 0 radical (unpaired) electrons. The molecule has 37 heavy (non-hydrogen) atoms. The van der Waals surface area contributed by atoms with Crippen molar-refractivity contribution in [2.45, 2.75) is 95.2 Å². The van der Waals surface area contributed by atoms with Gasteiger partial charge in [-0.05, 0) is 52.2 Å². The van der Waals surface area contributed by atoms with E-state index in [0.29, 0.717) is 10.2 Å². The summed E-state index contributed by atoms with van der Waals surface area (Å²) < 4.78 is 8.41. The molecule has 2 aliphatic rings. The normalized spacial score (nSPS) is 24.3. The average molecular weight is 579 g/mol. The molecule has 2 aromatic carbocycles. The van der Waals surface area contributed by atoms with E-state index in [0.717, 1.165) is 0 Å². The summed E-state index contributed by atoms with van der Waals surface area (Å²) in [5.74, 6) is 0.400. The Bertz CT molecular complexity index is 1190. The Morgan fingerprint density at radius 1 is 0.703 bits per heavy atom. The molecule has 0 fully saturated rings. The molecule has 0 spiro atoms. The third-order valence-electron chi connectivity index (χ3n) is 8.80. The van der Waals surface area contributed by atoms with E-state index in [4.69, 9.17) is 4.12 Å². The number of benzene rings is 2. The van der Waals surface area contributed by atoms with Gasteiger partial charge >= 0.3 is 0 Å². The van der Waals surface area contributed by atoms with Crippen LogP contribution in [0.1, 0.15) is 23.5 Å². The molecular weight excluding hydrogens is 529 g/mol. The van der Waals surface area contributed by atoms with Gasteiger partial charge in [-0.25, -0.2) is 0 Å². The van der Waals surface area contributed by atoms with Gasteiger partial charge in [-0.1, -0.05) is 130 Å². The zero-order valence-corrected chi connectivity index (χ0v) is 30.5. The van der Waals surface area contributed by atoms with Crippen molar-refractivity contribution in [3.05, 3.63) is 87.9 Å². The van der Waals surface area contributed by atoms with E-state index in [1.165, 1.54) is 17.5 Å². The van der Waals surface area contributed by atoms with Gasteiger partial charge in [-0.3, -0.25) is 0 Å². The van der Waals surface area contributed by atoms with Crippen LogP contribution < -0.4 is 0 Å². The van der Waals surface area contributed by atoms with Crippen molar-refractivity contribution in [2.24, 2.45) is 0 Å². The highest BCUT2D eigenvalue weighted by molar-refractivity contribution is 7.25. The van der Waals surface area contributed by atoms with Crippen molar-refractivity contribution >= 4 is 46.4 Å². The van der Waals surface area contributed by atoms with Crippen LogP contribution in [0.25, 0.3) is 5.57 Å². The van der Waals surface area contributed by atoms with Crippen LogP contribution in [0.5, 0.6) is 0 Å². The van der Waals surface area contributed by atoms with Crippen LogP contribution in [0.2, 0.25) is 82.8 Å². The Morgan fingerprint density at radius 3 is 1.62 bits per heavy atom. The third-order valence-corrected chi connectivity index (χ3v) is 37.9. The lowest BCUT2D eigenvalue weighted by Gasteiger charge is -2.61. The van der Waals surface area contributed by atoms with E-state index in [1.807, 2.05) is 4.82 Å². The topological polar surface area (TPSA) is 9.23 Å². The fourth-order valence-electron chi connectivity index (χ4n) is 7.97. The Balaban J connectivity index is 2.17. The molecular formula is C31H50OSi5. The average Bonchev–Trinajstić information content (AvgIpc) is 3.40. The smallest absolute Gasteiger partial charge is 0.235 e. The van der Waals surface area contributed by atoms with Gasteiger partial charge in [0.25, 0.3) is 0 Å². The van der Waals surface area contributed by atoms with Crippen molar-refractivity contribution in [2.75, 3.05) is 0 Å². The van der Waals surface area contributed by atoms with E-state index in [-0.39, 0.29) is 0 Å². The molecule has 1 nitrogen and oxygen atoms in total. The molecule has 6 heteroatoms. The highest BCUT2D eigenvalue weighted by atomic mass is 28.5. The third kappa shape index (κ3) is 4.69. The molecule has 200 valence electrons. The van der Waals surface area contributed by atoms with Crippen molar-refractivity contribution in [3.63, 3.8) is 0 Å². The monoisotopic (exact) mass is 578 g/mol. The van der Waals surface area contributed by atoms with Crippen molar-refractivity contribution in [1.29, 1.82) is 0 Å². The maximum absolute atomic E-state index is 8.08. The molecule has 2 atom stereocenters. The highest BCUT2D eigenvalue weighted by Crippen LogP contribution is 2.73. The quantitative estimate of drug-likeness (QED) is 0.283. The van der Waals surface area contributed by atoms with E-state index >= 15 is 0 Å². The van der Waals surface area contributed by atoms with E-state index in [1.54, 1.807) is 10.8 Å². The number of hydrogen-bond acceptors (Lipinski definition) is 1. The van der Waals surface area contributed by atoms with Crippen LogP contribution in [0.15, 0.2) is 76.8 Å². The zero-order valence-electron chi connectivity index (χ0n) is 25.5. The Hall–Kier alpha value is -1.04. The SMILES string of the molecule is C[Si](C)(C)O[Si@]1(C2=C(c3ccccc3)[C@H]2c2ccccc2)C([Si](C)(C)C)=CCC1([Si](C)(C)C)[Si](C)(C)C. The van der Waals surface area contributed by atoms with Gasteiger partial charge in [0.2, 0.25) is 8.32 Å². The summed E-state index contributed by atoms with van der Waals surface area (Å²) in [5, 5.41) is 1.75. The molecule has 0 saturated carbocycles. The maximum atomic E-state index is 8.08. The van der Waals surface area contributed by atoms with Crippen LogP contribution in [0.3, 0.4) is 0 Å². The first-order valence-electron chi connectivity index (χ1n) is 14.1. The molecule has 0 N–H and O–H groups in total. The molecule has 2 aromatic rings. The molecule has 4 rings (SSSR count). The first-order valence-corrected chi connectivity index (χ1v) is 30.0. The number of allylic oxidation sites excluding steroid dienone is 3. The van der Waals surface area contributed by atoms with Crippen molar-refractivity contribution in [3.8, 4) is 0 Å². The largest absolute Gasteiger partial charge is 0.450 e. The molecule has 1 aliphatic heterocycles. The van der Waals surface area contributed by atoms with E-state index < -0.39 is 40.9 Å². The van der Waals surface area contributed by atoms with Crippen LogP contribution in [0.4, 0.5) is 0 Å². The van der Waals surface area contributed by atoms with Gasteiger partial charge in [-0.15, -0.1) is 0 Å². The second-order valence-electron chi connectivity index (χ2n) is 15.4. The van der Waals surface area contributed by atoms with Crippen molar-refractivity contribution in [1.82, 2.24) is 0 Å². The summed E-state index contributed by atoms with van der Waals surface area (Å²) in [4.78, 5) is 1.83. The van der Waals surface area contributed by atoms with Crippen LogP contribution >= 0.6 is 0 Å². The Kier molecular flexibility index (Phi) is 7.26. The summed E-state index contributed by atoms with van der Waals surface area (Å²) in [6.07, 6.45) is 4.03. The fraction of sp³-hybridized carbons (Fsp3) is 0.484. The minimum atomic E-state index is -2.55. The Labute approximate surface area is 232 Å². The minimum Gasteiger partial charge on any atom is -0.450 e. The summed E-state index contributed by atoms with van der Waals surface area (Å²) in [7, 11) is -9.49. The van der Waals surface area contributed by atoms with E-state index in [9.17, 15) is 0 Å². The van der Waals surface area contributed by atoms with Crippen LogP contribution in [0, 0.1) is 0 Å². The van der Waals surface area contributed by atoms with Gasteiger partial charge in [0.15, 0.2) is 8.32 Å². The standard InChI is InChI=1S/C31H50OSi5/c1-33(2,3)27-23-24-31(34(4,5)6,35(7,8)9)37(27,32-36(10,11)12)30-28(25-19-15-13-16-20-25)29(30)26-21-17-14-18-22-26/h13-23,28H,24H2,1-12H3/t28-,37+/m1/s1. The fourth-order valence-corrected chi connectivity index (χ4v) is 45.1. The number of hydrogen-bond donors (Lipinski definition) is 0. The van der Waals surface area contributed by atoms with Crippen LogP contribution in [-0.2, 0) is 4.12 Å². The molecule has 0 saturated heterocycles. The minimum absolute atomic E-state index is 0.335. The lowest BCUT2D eigenvalue weighted by atomic mass is 10.0. The predicted octanol–water partition coefficient (Wildman–Crippen LogP) is 9.82. The molecule has 0 aromatic heterocycles. The molecule has 1 aliphatic carbocycles. The molecule has 1 heterocycles. The summed E-state index contributed by atoms with van der Waals surface area (Å²) >= 11 is 0. The highest BCUT2D eigenvalue weighted by Gasteiger charge is 2.76. The van der Waals surface area contributed by atoms with Gasteiger partial charge in [0.1, 0.15) is 0 Å². The zero-order chi connectivity index (χ0) is 27.7. The molecule has 0 unspecified atom stereocenters. The van der Waals surface area contributed by atoms with Gasteiger partial charge in [0, 0.05) is 22.1 Å². The number of rotatable bonds is 8. The maximum Gasteiger partial charge on any atom is 0.235 e. The first-order chi connectivity index (χ1) is 16.9. The molecule has 0 bridgehead atoms. The second-order valence-corrected chi connectivity index (χ2v) is 41.5. The van der Waals surface area contributed by atoms with Crippen LogP contribution in [-0.4, -0.2) is 40.9 Å². The lowest BCUT2D eigenvalue weighted by molar-refractivity contribution is 0.540. The Morgan fingerprint density at radius 2 is 1.19 bits per heavy atom. The lowest BCUT2D eigenvalue weighted by Crippen LogP contribution is -2.72.